The molecule has 0 aromatic carbocycles. The lowest BCUT2D eigenvalue weighted by molar-refractivity contribution is 0.912. The zero-order valence-electron chi connectivity index (χ0n) is 7.88. The van der Waals surface area contributed by atoms with Crippen molar-refractivity contribution in [3.63, 3.8) is 0 Å². The molecule has 3 rings (SSSR count). The Hall–Kier alpha value is -1.17. The minimum absolute atomic E-state index is 0.475. The minimum Gasteiger partial charge on any atom is -0.324 e. The third-order valence-corrected chi connectivity index (χ3v) is 4.05. The summed E-state index contributed by atoms with van der Waals surface area (Å²) in [6.45, 7) is 0.475. The SMILES string of the molecule is NCc1ncc2scc(-c3cccs3)n12. The van der Waals surface area contributed by atoms with Crippen LogP contribution in [-0.2, 0) is 6.54 Å². The Balaban J connectivity index is 2.31. The van der Waals surface area contributed by atoms with Gasteiger partial charge in [-0.1, -0.05) is 6.07 Å². The molecule has 0 unspecified atom stereocenters. The molecule has 0 fully saturated rings. The number of aromatic nitrogens is 2. The largest absolute Gasteiger partial charge is 0.324 e. The highest BCUT2D eigenvalue weighted by molar-refractivity contribution is 7.17. The molecule has 3 heterocycles. The first-order chi connectivity index (χ1) is 7.40. The molecule has 0 radical (unpaired) electrons. The summed E-state index contributed by atoms with van der Waals surface area (Å²) in [5.41, 5.74) is 6.86. The van der Waals surface area contributed by atoms with Crippen molar-refractivity contribution < 1.29 is 0 Å². The van der Waals surface area contributed by atoms with E-state index in [2.05, 4.69) is 32.3 Å². The lowest BCUT2D eigenvalue weighted by Crippen LogP contribution is -2.02. The fourth-order valence-corrected chi connectivity index (χ4v) is 3.31. The number of thiophene rings is 1. The summed E-state index contributed by atoms with van der Waals surface area (Å²) in [7, 11) is 0. The highest BCUT2D eigenvalue weighted by Crippen LogP contribution is 2.30. The first-order valence-corrected chi connectivity index (χ1v) is 6.34. The molecule has 0 atom stereocenters. The quantitative estimate of drug-likeness (QED) is 0.742. The molecule has 0 spiro atoms. The van der Waals surface area contributed by atoms with Crippen LogP contribution in [0.5, 0.6) is 0 Å². The van der Waals surface area contributed by atoms with Gasteiger partial charge in [0.2, 0.25) is 0 Å². The van der Waals surface area contributed by atoms with E-state index in [-0.39, 0.29) is 0 Å². The standard InChI is InChI=1S/C10H9N3S2/c11-4-9-12-5-10-13(9)7(6-15-10)8-2-1-3-14-8/h1-3,5-6H,4,11H2. The number of thiazole rings is 1. The van der Waals surface area contributed by atoms with E-state index in [0.717, 1.165) is 10.7 Å². The monoisotopic (exact) mass is 235 g/mol. The third-order valence-electron chi connectivity index (χ3n) is 2.29. The third kappa shape index (κ3) is 1.31. The van der Waals surface area contributed by atoms with Gasteiger partial charge >= 0.3 is 0 Å². The van der Waals surface area contributed by atoms with Crippen LogP contribution in [0.2, 0.25) is 0 Å². The second-order valence-electron chi connectivity index (χ2n) is 3.15. The van der Waals surface area contributed by atoms with Crippen molar-refractivity contribution in [2.24, 2.45) is 5.73 Å². The summed E-state index contributed by atoms with van der Waals surface area (Å²) >= 11 is 3.44. The number of rotatable bonds is 2. The van der Waals surface area contributed by atoms with Crippen molar-refractivity contribution in [3.8, 4) is 10.6 Å². The number of nitrogens with two attached hydrogens (primary N) is 1. The van der Waals surface area contributed by atoms with E-state index >= 15 is 0 Å². The topological polar surface area (TPSA) is 43.3 Å². The first kappa shape index (κ1) is 9.08. The van der Waals surface area contributed by atoms with Crippen molar-refractivity contribution in [1.29, 1.82) is 0 Å². The zero-order chi connectivity index (χ0) is 10.3. The zero-order valence-corrected chi connectivity index (χ0v) is 9.52. The molecule has 0 aliphatic carbocycles. The maximum absolute atomic E-state index is 5.67. The lowest BCUT2D eigenvalue weighted by atomic mass is 10.4. The molecule has 3 aromatic heterocycles. The average Bonchev–Trinajstić information content (AvgIpc) is 2.94. The van der Waals surface area contributed by atoms with Crippen molar-refractivity contribution in [2.45, 2.75) is 6.54 Å². The Labute approximate surface area is 94.8 Å². The van der Waals surface area contributed by atoms with E-state index < -0.39 is 0 Å². The molecule has 0 amide bonds. The van der Waals surface area contributed by atoms with E-state index in [0.29, 0.717) is 6.54 Å². The van der Waals surface area contributed by atoms with Crippen LogP contribution in [0.4, 0.5) is 0 Å². The second kappa shape index (κ2) is 3.44. The summed E-state index contributed by atoms with van der Waals surface area (Å²) in [4.78, 5) is 6.71. The van der Waals surface area contributed by atoms with Crippen LogP contribution in [-0.4, -0.2) is 9.38 Å². The lowest BCUT2D eigenvalue weighted by Gasteiger charge is -1.98. The molecule has 15 heavy (non-hydrogen) atoms. The normalized spacial score (nSPS) is 11.3. The Morgan fingerprint density at radius 2 is 2.33 bits per heavy atom. The molecule has 0 saturated heterocycles. The summed E-state index contributed by atoms with van der Waals surface area (Å²) in [5.74, 6) is 0.926. The predicted molar refractivity (Wildman–Crippen MR) is 64.3 cm³/mol. The van der Waals surface area contributed by atoms with Crippen molar-refractivity contribution in [1.82, 2.24) is 9.38 Å². The van der Waals surface area contributed by atoms with Crippen LogP contribution >= 0.6 is 22.7 Å². The average molecular weight is 235 g/mol. The Kier molecular flexibility index (Phi) is 2.09. The predicted octanol–water partition coefficient (Wildman–Crippen LogP) is 2.58. The maximum atomic E-state index is 5.67. The summed E-state index contributed by atoms with van der Waals surface area (Å²) in [5, 5.41) is 4.24. The smallest absolute Gasteiger partial charge is 0.128 e. The van der Waals surface area contributed by atoms with E-state index in [1.807, 2.05) is 6.20 Å². The molecule has 0 aliphatic rings. The van der Waals surface area contributed by atoms with E-state index in [4.69, 9.17) is 5.73 Å². The van der Waals surface area contributed by atoms with E-state index in [9.17, 15) is 0 Å². The van der Waals surface area contributed by atoms with Gasteiger partial charge in [-0.3, -0.25) is 4.40 Å². The van der Waals surface area contributed by atoms with Gasteiger partial charge in [-0.25, -0.2) is 4.98 Å². The fraction of sp³-hybridized carbons (Fsp3) is 0.100. The van der Waals surface area contributed by atoms with E-state index in [1.54, 1.807) is 22.7 Å². The van der Waals surface area contributed by atoms with Crippen LogP contribution in [0.15, 0.2) is 29.1 Å². The van der Waals surface area contributed by atoms with Gasteiger partial charge in [0, 0.05) is 5.38 Å². The molecule has 3 aromatic rings. The maximum Gasteiger partial charge on any atom is 0.128 e. The second-order valence-corrected chi connectivity index (χ2v) is 4.99. The fourth-order valence-electron chi connectivity index (χ4n) is 1.62. The molecule has 0 saturated carbocycles. The van der Waals surface area contributed by atoms with Crippen LogP contribution < -0.4 is 5.73 Å². The van der Waals surface area contributed by atoms with Crippen LogP contribution in [0.3, 0.4) is 0 Å². The van der Waals surface area contributed by atoms with E-state index in [1.165, 1.54) is 10.6 Å². The molecular weight excluding hydrogens is 226 g/mol. The summed E-state index contributed by atoms with van der Waals surface area (Å²) in [6.07, 6.45) is 1.88. The first-order valence-electron chi connectivity index (χ1n) is 4.58. The highest BCUT2D eigenvalue weighted by atomic mass is 32.1. The number of nitrogens with zero attached hydrogens (tertiary/aromatic N) is 2. The van der Waals surface area contributed by atoms with Gasteiger partial charge in [0.25, 0.3) is 0 Å². The molecule has 0 bridgehead atoms. The number of fused-ring (bicyclic) bond motifs is 1. The van der Waals surface area contributed by atoms with Gasteiger partial charge in [-0.2, -0.15) is 0 Å². The molecular formula is C10H9N3S2. The number of hydrogen-bond acceptors (Lipinski definition) is 4. The molecule has 3 nitrogen and oxygen atoms in total. The van der Waals surface area contributed by atoms with Gasteiger partial charge in [0.1, 0.15) is 10.7 Å². The number of hydrogen-bond donors (Lipinski definition) is 1. The van der Waals surface area contributed by atoms with Crippen LogP contribution in [0.1, 0.15) is 5.82 Å². The highest BCUT2D eigenvalue weighted by Gasteiger charge is 2.10. The van der Waals surface area contributed by atoms with Gasteiger partial charge in [0.05, 0.1) is 23.3 Å². The Bertz CT molecular complexity index is 577. The van der Waals surface area contributed by atoms with Gasteiger partial charge < -0.3 is 5.73 Å². The Morgan fingerprint density at radius 3 is 3.07 bits per heavy atom. The molecule has 76 valence electrons. The molecule has 5 heteroatoms. The number of imidazole rings is 1. The Morgan fingerprint density at radius 1 is 1.40 bits per heavy atom. The minimum atomic E-state index is 0.475. The summed E-state index contributed by atoms with van der Waals surface area (Å²) < 4.78 is 2.14. The van der Waals surface area contributed by atoms with Gasteiger partial charge in [-0.15, -0.1) is 22.7 Å². The van der Waals surface area contributed by atoms with Gasteiger partial charge in [0.15, 0.2) is 0 Å². The van der Waals surface area contributed by atoms with Crippen LogP contribution in [0.25, 0.3) is 15.4 Å². The van der Waals surface area contributed by atoms with Crippen molar-refractivity contribution in [2.75, 3.05) is 0 Å². The van der Waals surface area contributed by atoms with Crippen molar-refractivity contribution in [3.05, 3.63) is 34.9 Å². The summed E-state index contributed by atoms with van der Waals surface area (Å²) in [6, 6.07) is 4.18. The van der Waals surface area contributed by atoms with Crippen LogP contribution in [0, 0.1) is 0 Å². The molecule has 0 aliphatic heterocycles. The molecule has 2 N–H and O–H groups in total. The van der Waals surface area contributed by atoms with Crippen molar-refractivity contribution >= 4 is 27.5 Å². The van der Waals surface area contributed by atoms with Gasteiger partial charge in [-0.05, 0) is 11.4 Å².